The van der Waals surface area contributed by atoms with Crippen molar-refractivity contribution in [2.75, 3.05) is 6.61 Å². The molecule has 0 radical (unpaired) electrons. The Morgan fingerprint density at radius 1 is 1.17 bits per heavy atom. The lowest BCUT2D eigenvalue weighted by molar-refractivity contribution is -0.124. The average Bonchev–Trinajstić information content (AvgIpc) is 3.06. The zero-order chi connectivity index (χ0) is 17.7. The molecule has 0 fully saturated rings. The molecule has 0 aliphatic heterocycles. The van der Waals surface area contributed by atoms with Gasteiger partial charge in [0.1, 0.15) is 0 Å². The van der Waals surface area contributed by atoms with E-state index in [0.29, 0.717) is 5.56 Å². The van der Waals surface area contributed by atoms with Crippen molar-refractivity contribution in [3.63, 3.8) is 0 Å². The lowest BCUT2D eigenvalue weighted by Crippen LogP contribution is -2.30. The number of ether oxygens (including phenoxy) is 1. The van der Waals surface area contributed by atoms with Gasteiger partial charge in [0, 0.05) is 4.88 Å². The van der Waals surface area contributed by atoms with Gasteiger partial charge in [-0.05, 0) is 41.5 Å². The Bertz CT molecular complexity index is 684. The van der Waals surface area contributed by atoms with Gasteiger partial charge in [0.25, 0.3) is 5.91 Å². The van der Waals surface area contributed by atoms with Gasteiger partial charge in [0.05, 0.1) is 11.6 Å². The van der Waals surface area contributed by atoms with Gasteiger partial charge in [-0.3, -0.25) is 4.79 Å². The Morgan fingerprint density at radius 3 is 2.38 bits per heavy atom. The van der Waals surface area contributed by atoms with Gasteiger partial charge in [0.15, 0.2) is 6.61 Å². The molecular weight excluding hydrogens is 322 g/mol. The van der Waals surface area contributed by atoms with Crippen LogP contribution in [0.5, 0.6) is 0 Å². The van der Waals surface area contributed by atoms with Crippen LogP contribution in [0.2, 0.25) is 0 Å². The van der Waals surface area contributed by atoms with Crippen molar-refractivity contribution in [2.45, 2.75) is 39.2 Å². The summed E-state index contributed by atoms with van der Waals surface area (Å²) >= 11 is 1.58. The first-order chi connectivity index (χ1) is 11.3. The Morgan fingerprint density at radius 2 is 1.83 bits per heavy atom. The summed E-state index contributed by atoms with van der Waals surface area (Å²) in [5, 5.41) is 4.77. The molecule has 0 aliphatic carbocycles. The van der Waals surface area contributed by atoms with Crippen LogP contribution in [0, 0.1) is 0 Å². The molecule has 0 spiro atoms. The van der Waals surface area contributed by atoms with Gasteiger partial charge in [-0.25, -0.2) is 4.79 Å². The molecule has 0 saturated carbocycles. The molecule has 4 nitrogen and oxygen atoms in total. The van der Waals surface area contributed by atoms with Gasteiger partial charge in [-0.1, -0.05) is 39.0 Å². The summed E-state index contributed by atoms with van der Waals surface area (Å²) in [6.07, 6.45) is 0. The number of benzene rings is 1. The second-order valence-electron chi connectivity index (χ2n) is 6.71. The van der Waals surface area contributed by atoms with Gasteiger partial charge >= 0.3 is 5.97 Å². The maximum absolute atomic E-state index is 12.0. The molecule has 1 amide bonds. The Labute approximate surface area is 146 Å². The van der Waals surface area contributed by atoms with E-state index in [9.17, 15) is 9.59 Å². The zero-order valence-electron chi connectivity index (χ0n) is 14.5. The Hall–Kier alpha value is -2.14. The highest BCUT2D eigenvalue weighted by Gasteiger charge is 2.16. The van der Waals surface area contributed by atoms with E-state index >= 15 is 0 Å². The molecule has 1 aromatic heterocycles. The van der Waals surface area contributed by atoms with Crippen LogP contribution in [-0.4, -0.2) is 18.5 Å². The molecular formula is C19H23NO3S. The largest absolute Gasteiger partial charge is 0.452 e. The SMILES string of the molecule is C[C@H](NC(=O)COC(=O)c1ccc(C(C)(C)C)cc1)c1cccs1. The number of hydrogen-bond donors (Lipinski definition) is 1. The summed E-state index contributed by atoms with van der Waals surface area (Å²) in [7, 11) is 0. The van der Waals surface area contributed by atoms with Crippen molar-refractivity contribution in [3.8, 4) is 0 Å². The topological polar surface area (TPSA) is 55.4 Å². The first kappa shape index (κ1) is 18.2. The summed E-state index contributed by atoms with van der Waals surface area (Å²) < 4.78 is 5.09. The number of hydrogen-bond acceptors (Lipinski definition) is 4. The van der Waals surface area contributed by atoms with E-state index in [-0.39, 0.29) is 24.0 Å². The third-order valence-corrected chi connectivity index (χ3v) is 4.72. The van der Waals surface area contributed by atoms with Crippen LogP contribution < -0.4 is 5.32 Å². The molecule has 1 aromatic carbocycles. The van der Waals surface area contributed by atoms with Crippen molar-refractivity contribution < 1.29 is 14.3 Å². The van der Waals surface area contributed by atoms with E-state index in [4.69, 9.17) is 4.74 Å². The van der Waals surface area contributed by atoms with Crippen molar-refractivity contribution in [1.82, 2.24) is 5.32 Å². The van der Waals surface area contributed by atoms with Crippen LogP contribution >= 0.6 is 11.3 Å². The van der Waals surface area contributed by atoms with Crippen molar-refractivity contribution >= 4 is 23.2 Å². The molecule has 5 heteroatoms. The zero-order valence-corrected chi connectivity index (χ0v) is 15.3. The number of esters is 1. The normalized spacial score (nSPS) is 12.5. The van der Waals surface area contributed by atoms with Crippen LogP contribution in [0.25, 0.3) is 0 Å². The molecule has 1 N–H and O–H groups in total. The fraction of sp³-hybridized carbons (Fsp3) is 0.368. The quantitative estimate of drug-likeness (QED) is 0.831. The van der Waals surface area contributed by atoms with Crippen LogP contribution in [0.3, 0.4) is 0 Å². The van der Waals surface area contributed by atoms with E-state index in [1.165, 1.54) is 0 Å². The number of nitrogens with one attached hydrogen (secondary N) is 1. The third kappa shape index (κ3) is 4.93. The first-order valence-corrected chi connectivity index (χ1v) is 8.76. The monoisotopic (exact) mass is 345 g/mol. The molecule has 24 heavy (non-hydrogen) atoms. The number of rotatable bonds is 5. The number of carbonyl (C=O) groups is 2. The maximum atomic E-state index is 12.0. The van der Waals surface area contributed by atoms with Crippen LogP contribution in [-0.2, 0) is 14.9 Å². The van der Waals surface area contributed by atoms with Gasteiger partial charge in [0.2, 0.25) is 0 Å². The van der Waals surface area contributed by atoms with E-state index in [1.807, 2.05) is 36.6 Å². The third-order valence-electron chi connectivity index (χ3n) is 3.67. The molecule has 1 heterocycles. The fourth-order valence-electron chi connectivity index (χ4n) is 2.21. The smallest absolute Gasteiger partial charge is 0.338 e. The summed E-state index contributed by atoms with van der Waals surface area (Å²) in [6.45, 7) is 7.95. The molecule has 0 saturated heterocycles. The molecule has 128 valence electrons. The van der Waals surface area contributed by atoms with E-state index in [2.05, 4.69) is 26.1 Å². The maximum Gasteiger partial charge on any atom is 0.338 e. The van der Waals surface area contributed by atoms with E-state index < -0.39 is 5.97 Å². The van der Waals surface area contributed by atoms with Gasteiger partial charge in [-0.15, -0.1) is 11.3 Å². The van der Waals surface area contributed by atoms with Crippen LogP contribution in [0.1, 0.15) is 54.5 Å². The Kier molecular flexibility index (Phi) is 5.78. The highest BCUT2D eigenvalue weighted by molar-refractivity contribution is 7.10. The fourth-order valence-corrected chi connectivity index (χ4v) is 2.95. The summed E-state index contributed by atoms with van der Waals surface area (Å²) in [5.41, 5.74) is 1.61. The highest BCUT2D eigenvalue weighted by Crippen LogP contribution is 2.22. The van der Waals surface area contributed by atoms with Crippen molar-refractivity contribution in [2.24, 2.45) is 0 Å². The average molecular weight is 345 g/mol. The molecule has 2 aromatic rings. The van der Waals surface area contributed by atoms with Gasteiger partial charge in [-0.2, -0.15) is 0 Å². The summed E-state index contributed by atoms with van der Waals surface area (Å²) in [5.74, 6) is -0.801. The van der Waals surface area contributed by atoms with Crippen LogP contribution in [0.4, 0.5) is 0 Å². The van der Waals surface area contributed by atoms with E-state index in [0.717, 1.165) is 10.4 Å². The van der Waals surface area contributed by atoms with Crippen molar-refractivity contribution in [3.05, 3.63) is 57.8 Å². The minimum Gasteiger partial charge on any atom is -0.452 e. The van der Waals surface area contributed by atoms with Crippen LogP contribution in [0.15, 0.2) is 41.8 Å². The standard InChI is InChI=1S/C19H23NO3S/c1-13(16-6-5-11-24-16)20-17(21)12-23-18(22)14-7-9-15(10-8-14)19(2,3)4/h5-11,13H,12H2,1-4H3,(H,20,21)/t13-/m0/s1. The lowest BCUT2D eigenvalue weighted by Gasteiger charge is -2.19. The first-order valence-electron chi connectivity index (χ1n) is 7.88. The lowest BCUT2D eigenvalue weighted by atomic mass is 9.87. The summed E-state index contributed by atoms with van der Waals surface area (Å²) in [4.78, 5) is 25.0. The summed E-state index contributed by atoms with van der Waals surface area (Å²) in [6, 6.07) is 11.1. The van der Waals surface area contributed by atoms with Crippen molar-refractivity contribution in [1.29, 1.82) is 0 Å². The second-order valence-corrected chi connectivity index (χ2v) is 7.69. The second kappa shape index (κ2) is 7.62. The Balaban J connectivity index is 1.85. The molecule has 0 aliphatic rings. The molecule has 1 atom stereocenters. The molecule has 0 bridgehead atoms. The predicted molar refractivity (Wildman–Crippen MR) is 96.3 cm³/mol. The van der Waals surface area contributed by atoms with E-state index in [1.54, 1.807) is 23.5 Å². The molecule has 0 unspecified atom stereocenters. The molecule has 2 rings (SSSR count). The predicted octanol–water partition coefficient (Wildman–Crippen LogP) is 4.08. The van der Waals surface area contributed by atoms with Gasteiger partial charge < -0.3 is 10.1 Å². The highest BCUT2D eigenvalue weighted by atomic mass is 32.1. The number of carbonyl (C=O) groups excluding carboxylic acids is 2. The minimum absolute atomic E-state index is 0.0280. The number of amides is 1. The minimum atomic E-state index is -0.491. The number of thiophene rings is 1.